The molecule has 4 rings (SSSR count). The van der Waals surface area contributed by atoms with Crippen molar-refractivity contribution in [2.75, 3.05) is 11.9 Å². The summed E-state index contributed by atoms with van der Waals surface area (Å²) in [6.45, 7) is 4.81. The van der Waals surface area contributed by atoms with E-state index in [9.17, 15) is 4.79 Å². The molecule has 0 bridgehead atoms. The first-order valence-electron chi connectivity index (χ1n) is 9.08. The molecule has 4 heteroatoms. The van der Waals surface area contributed by atoms with Gasteiger partial charge in [0.2, 0.25) is 0 Å². The molecule has 4 nitrogen and oxygen atoms in total. The first-order valence-corrected chi connectivity index (χ1v) is 9.08. The van der Waals surface area contributed by atoms with E-state index in [-0.39, 0.29) is 11.9 Å². The van der Waals surface area contributed by atoms with Crippen molar-refractivity contribution in [2.24, 2.45) is 0 Å². The Labute approximate surface area is 153 Å². The number of fused-ring (bicyclic) bond motifs is 1. The van der Waals surface area contributed by atoms with Gasteiger partial charge in [0, 0.05) is 29.3 Å². The number of nitrogens with zero attached hydrogens (tertiary/aromatic N) is 1. The fourth-order valence-electron chi connectivity index (χ4n) is 3.29. The summed E-state index contributed by atoms with van der Waals surface area (Å²) in [6, 6.07) is 14.2. The number of nitrogens with one attached hydrogen (secondary N) is 1. The second-order valence-corrected chi connectivity index (χ2v) is 6.73. The number of carbonyl (C=O) groups is 1. The molecular formula is C22H22N2O2. The summed E-state index contributed by atoms with van der Waals surface area (Å²) >= 11 is 0. The summed E-state index contributed by atoms with van der Waals surface area (Å²) in [5.41, 5.74) is 5.61. The highest BCUT2D eigenvalue weighted by atomic mass is 16.6. The number of ether oxygens (including phenoxy) is 1. The third-order valence-electron chi connectivity index (χ3n) is 4.79. The second kappa shape index (κ2) is 6.89. The molecule has 1 aliphatic heterocycles. The number of ketones is 1. The molecular weight excluding hydrogens is 324 g/mol. The largest absolute Gasteiger partial charge is 0.368 e. The molecule has 1 unspecified atom stereocenters. The number of pyridine rings is 1. The predicted octanol–water partition coefficient (Wildman–Crippen LogP) is 5.34. The first-order chi connectivity index (χ1) is 12.7. The Balaban J connectivity index is 1.90. The summed E-state index contributed by atoms with van der Waals surface area (Å²) in [7, 11) is 0. The van der Waals surface area contributed by atoms with Crippen molar-refractivity contribution in [3.63, 3.8) is 0 Å². The van der Waals surface area contributed by atoms with E-state index in [4.69, 9.17) is 4.74 Å². The third kappa shape index (κ3) is 3.08. The molecule has 26 heavy (non-hydrogen) atoms. The Hall–Kier alpha value is -2.72. The van der Waals surface area contributed by atoms with Crippen LogP contribution in [0, 0.1) is 6.92 Å². The van der Waals surface area contributed by atoms with Gasteiger partial charge in [-0.05, 0) is 25.0 Å². The van der Waals surface area contributed by atoms with Gasteiger partial charge in [-0.3, -0.25) is 9.78 Å². The molecule has 1 atom stereocenters. The lowest BCUT2D eigenvalue weighted by Crippen LogP contribution is -2.07. The van der Waals surface area contributed by atoms with Crippen molar-refractivity contribution in [1.29, 1.82) is 0 Å². The standard InChI is InChI=1S/C22H22N2O2/c1-3-7-19(25)17-12-23-21-15(20-13-26-20)9-6-10-16(21)22(17)24-18-11-5-4-8-14(18)2/h4-6,8-12,20H,3,7,13H2,1-2H3,(H,23,24). The van der Waals surface area contributed by atoms with Crippen molar-refractivity contribution >= 4 is 28.1 Å². The number of hydrogen-bond donors (Lipinski definition) is 1. The molecule has 2 aromatic carbocycles. The summed E-state index contributed by atoms with van der Waals surface area (Å²) in [6.07, 6.45) is 3.17. The normalized spacial score (nSPS) is 15.8. The van der Waals surface area contributed by atoms with E-state index in [1.807, 2.05) is 37.3 Å². The van der Waals surface area contributed by atoms with Crippen LogP contribution in [0.5, 0.6) is 0 Å². The lowest BCUT2D eigenvalue weighted by atomic mass is 10.00. The molecule has 0 radical (unpaired) electrons. The number of carbonyl (C=O) groups excluding carboxylic acids is 1. The highest BCUT2D eigenvalue weighted by molar-refractivity contribution is 6.09. The van der Waals surface area contributed by atoms with Crippen molar-refractivity contribution in [1.82, 2.24) is 4.98 Å². The van der Waals surface area contributed by atoms with Gasteiger partial charge in [-0.1, -0.05) is 43.3 Å². The number of para-hydroxylation sites is 2. The van der Waals surface area contributed by atoms with Crippen LogP contribution in [0.1, 0.15) is 47.4 Å². The summed E-state index contributed by atoms with van der Waals surface area (Å²) in [5, 5.41) is 4.47. The number of rotatable bonds is 6. The molecule has 1 aromatic heterocycles. The lowest BCUT2D eigenvalue weighted by Gasteiger charge is -2.16. The van der Waals surface area contributed by atoms with Crippen molar-refractivity contribution < 1.29 is 9.53 Å². The number of epoxide rings is 1. The Morgan fingerprint density at radius 2 is 2.04 bits per heavy atom. The number of aromatic nitrogens is 1. The third-order valence-corrected chi connectivity index (χ3v) is 4.79. The molecule has 0 amide bonds. The Morgan fingerprint density at radius 1 is 1.23 bits per heavy atom. The van der Waals surface area contributed by atoms with Crippen molar-refractivity contribution in [3.8, 4) is 0 Å². The van der Waals surface area contributed by atoms with Gasteiger partial charge in [0.05, 0.1) is 23.4 Å². The molecule has 0 aliphatic carbocycles. The van der Waals surface area contributed by atoms with Gasteiger partial charge >= 0.3 is 0 Å². The van der Waals surface area contributed by atoms with Gasteiger partial charge in [0.1, 0.15) is 6.10 Å². The zero-order valence-electron chi connectivity index (χ0n) is 15.1. The van der Waals surface area contributed by atoms with Crippen LogP contribution in [0.4, 0.5) is 11.4 Å². The topological polar surface area (TPSA) is 54.5 Å². The van der Waals surface area contributed by atoms with Crippen LogP contribution >= 0.6 is 0 Å². The summed E-state index contributed by atoms with van der Waals surface area (Å²) < 4.78 is 5.47. The average molecular weight is 346 g/mol. The van der Waals surface area contributed by atoms with E-state index in [0.29, 0.717) is 12.0 Å². The molecule has 1 fully saturated rings. The zero-order chi connectivity index (χ0) is 18.1. The molecule has 0 saturated carbocycles. The Bertz CT molecular complexity index is 977. The van der Waals surface area contributed by atoms with Crippen LogP contribution in [0.2, 0.25) is 0 Å². The fourth-order valence-corrected chi connectivity index (χ4v) is 3.29. The number of benzene rings is 2. The fraction of sp³-hybridized carbons (Fsp3) is 0.273. The van der Waals surface area contributed by atoms with E-state index in [0.717, 1.165) is 46.4 Å². The Morgan fingerprint density at radius 3 is 2.77 bits per heavy atom. The SMILES string of the molecule is CCCC(=O)c1cnc2c(C3CO3)cccc2c1Nc1ccccc1C. The molecule has 1 N–H and O–H groups in total. The Kier molecular flexibility index (Phi) is 4.43. The van der Waals surface area contributed by atoms with Gasteiger partial charge < -0.3 is 10.1 Å². The minimum Gasteiger partial charge on any atom is -0.368 e. The highest BCUT2D eigenvalue weighted by Gasteiger charge is 2.28. The summed E-state index contributed by atoms with van der Waals surface area (Å²) in [4.78, 5) is 17.3. The maximum absolute atomic E-state index is 12.7. The maximum Gasteiger partial charge on any atom is 0.166 e. The molecule has 3 aromatic rings. The van der Waals surface area contributed by atoms with Gasteiger partial charge in [0.15, 0.2) is 5.78 Å². The molecule has 1 saturated heterocycles. The second-order valence-electron chi connectivity index (χ2n) is 6.73. The molecule has 0 spiro atoms. The first kappa shape index (κ1) is 16.7. The van der Waals surface area contributed by atoms with Crippen LogP contribution in [-0.2, 0) is 4.74 Å². The molecule has 2 heterocycles. The predicted molar refractivity (Wildman–Crippen MR) is 104 cm³/mol. The van der Waals surface area contributed by atoms with Crippen LogP contribution in [0.3, 0.4) is 0 Å². The van der Waals surface area contributed by atoms with Gasteiger partial charge in [-0.2, -0.15) is 0 Å². The van der Waals surface area contributed by atoms with Crippen LogP contribution in [-0.4, -0.2) is 17.4 Å². The number of hydrogen-bond acceptors (Lipinski definition) is 4. The van der Waals surface area contributed by atoms with Crippen molar-refractivity contribution in [2.45, 2.75) is 32.8 Å². The molecule has 1 aliphatic rings. The summed E-state index contributed by atoms with van der Waals surface area (Å²) in [5.74, 6) is 0.117. The molecule has 132 valence electrons. The van der Waals surface area contributed by atoms with E-state index < -0.39 is 0 Å². The van der Waals surface area contributed by atoms with E-state index in [2.05, 4.69) is 29.4 Å². The van der Waals surface area contributed by atoms with E-state index in [1.54, 1.807) is 6.20 Å². The van der Waals surface area contributed by atoms with Crippen LogP contribution < -0.4 is 5.32 Å². The lowest BCUT2D eigenvalue weighted by molar-refractivity contribution is 0.0982. The highest BCUT2D eigenvalue weighted by Crippen LogP contribution is 2.38. The number of aryl methyl sites for hydroxylation is 1. The maximum atomic E-state index is 12.7. The van der Waals surface area contributed by atoms with Crippen LogP contribution in [0.15, 0.2) is 48.7 Å². The average Bonchev–Trinajstić information content (AvgIpc) is 3.48. The van der Waals surface area contributed by atoms with Crippen molar-refractivity contribution in [3.05, 3.63) is 65.4 Å². The monoisotopic (exact) mass is 346 g/mol. The minimum atomic E-state index is 0.117. The van der Waals surface area contributed by atoms with Crippen LogP contribution in [0.25, 0.3) is 10.9 Å². The smallest absolute Gasteiger partial charge is 0.166 e. The number of Topliss-reactive ketones (excluding diaryl/α,β-unsaturated/α-hetero) is 1. The van der Waals surface area contributed by atoms with E-state index >= 15 is 0 Å². The van der Waals surface area contributed by atoms with Gasteiger partial charge in [-0.25, -0.2) is 0 Å². The zero-order valence-corrected chi connectivity index (χ0v) is 15.1. The number of anilines is 2. The minimum absolute atomic E-state index is 0.117. The van der Waals surface area contributed by atoms with E-state index in [1.165, 1.54) is 0 Å². The quantitative estimate of drug-likeness (QED) is 0.483. The van der Waals surface area contributed by atoms with Gasteiger partial charge in [0.25, 0.3) is 0 Å². The van der Waals surface area contributed by atoms with Gasteiger partial charge in [-0.15, -0.1) is 0 Å².